The first kappa shape index (κ1) is 15.1. The van der Waals surface area contributed by atoms with Gasteiger partial charge in [-0.15, -0.1) is 0 Å². The quantitative estimate of drug-likeness (QED) is 0.693. The van der Waals surface area contributed by atoms with Crippen molar-refractivity contribution in [2.45, 2.75) is 46.6 Å². The molecule has 1 aliphatic rings. The summed E-state index contributed by atoms with van der Waals surface area (Å²) in [6.45, 7) is 11.6. The maximum absolute atomic E-state index is 11.1. The van der Waals surface area contributed by atoms with Crippen LogP contribution in [0.25, 0.3) is 0 Å². The molecule has 0 radical (unpaired) electrons. The fourth-order valence-corrected chi connectivity index (χ4v) is 1.18. The van der Waals surface area contributed by atoms with Gasteiger partial charge in [0.25, 0.3) is 6.47 Å². The maximum atomic E-state index is 11.1. The molecule has 0 saturated carbocycles. The van der Waals surface area contributed by atoms with Crippen LogP contribution in [-0.4, -0.2) is 30.9 Å². The molecule has 0 bridgehead atoms. The molecule has 1 saturated heterocycles. The van der Waals surface area contributed by atoms with E-state index in [4.69, 9.17) is 0 Å². The van der Waals surface area contributed by atoms with Gasteiger partial charge < -0.3 is 10.1 Å². The lowest BCUT2D eigenvalue weighted by Gasteiger charge is -2.27. The minimum atomic E-state index is -0.318. The Morgan fingerprint density at radius 3 is 2.12 bits per heavy atom. The number of carbonyl (C=O) groups excluding carboxylic acids is 2. The zero-order chi connectivity index (χ0) is 12.8. The summed E-state index contributed by atoms with van der Waals surface area (Å²) in [5.74, 6) is 0.390. The monoisotopic (exact) mass is 229 g/mol. The summed E-state index contributed by atoms with van der Waals surface area (Å²) in [5.41, 5.74) is -0.431. The summed E-state index contributed by atoms with van der Waals surface area (Å²) >= 11 is 0. The zero-order valence-corrected chi connectivity index (χ0v) is 10.9. The summed E-state index contributed by atoms with van der Waals surface area (Å²) in [4.78, 5) is 20.7. The number of hydrogen-bond acceptors (Lipinski definition) is 4. The lowest BCUT2D eigenvalue weighted by atomic mass is 9.84. The molecule has 1 heterocycles. The van der Waals surface area contributed by atoms with Crippen molar-refractivity contribution in [2.75, 3.05) is 13.1 Å². The van der Waals surface area contributed by atoms with E-state index < -0.39 is 0 Å². The van der Waals surface area contributed by atoms with Crippen LogP contribution in [0.5, 0.6) is 0 Å². The van der Waals surface area contributed by atoms with Crippen molar-refractivity contribution in [3.63, 3.8) is 0 Å². The van der Waals surface area contributed by atoms with E-state index in [1.54, 1.807) is 0 Å². The van der Waals surface area contributed by atoms with Crippen LogP contribution >= 0.6 is 0 Å². The zero-order valence-electron chi connectivity index (χ0n) is 10.9. The van der Waals surface area contributed by atoms with E-state index in [-0.39, 0.29) is 11.0 Å². The minimum absolute atomic E-state index is 0.113. The molecule has 0 atom stereocenters. The molecule has 4 nitrogen and oxygen atoms in total. The highest BCUT2D eigenvalue weighted by Crippen LogP contribution is 2.19. The molecule has 16 heavy (non-hydrogen) atoms. The van der Waals surface area contributed by atoms with Crippen LogP contribution in [0.1, 0.15) is 41.0 Å². The molecule has 4 heteroatoms. The number of ketones is 1. The molecule has 94 valence electrons. The normalized spacial score (nSPS) is 19.4. The van der Waals surface area contributed by atoms with Gasteiger partial charge in [0.15, 0.2) is 0 Å². The number of carbonyl (C=O) groups is 2. The first-order chi connectivity index (χ1) is 7.19. The van der Waals surface area contributed by atoms with Crippen LogP contribution in [-0.2, 0) is 14.3 Å². The number of nitrogens with one attached hydrogen (secondary N) is 1. The third-order valence-electron chi connectivity index (χ3n) is 2.25. The van der Waals surface area contributed by atoms with Crippen molar-refractivity contribution < 1.29 is 14.3 Å². The second-order valence-corrected chi connectivity index (χ2v) is 5.56. The number of rotatable bonds is 1. The van der Waals surface area contributed by atoms with E-state index in [0.29, 0.717) is 18.7 Å². The Bertz CT molecular complexity index is 241. The van der Waals surface area contributed by atoms with Crippen LogP contribution in [0.3, 0.4) is 0 Å². The first-order valence-electron chi connectivity index (χ1n) is 5.54. The minimum Gasteiger partial charge on any atom is -0.462 e. The average Bonchev–Trinajstić information content (AvgIpc) is 2.09. The number of hydrogen-bond donors (Lipinski definition) is 1. The van der Waals surface area contributed by atoms with Crippen LogP contribution in [0, 0.1) is 5.41 Å². The summed E-state index contributed by atoms with van der Waals surface area (Å²) in [7, 11) is 0. The molecule has 1 rings (SSSR count). The highest BCUT2D eigenvalue weighted by atomic mass is 16.5. The van der Waals surface area contributed by atoms with Crippen molar-refractivity contribution in [1.82, 2.24) is 5.32 Å². The first-order valence-corrected chi connectivity index (χ1v) is 5.54. The van der Waals surface area contributed by atoms with Crippen molar-refractivity contribution in [3.8, 4) is 0 Å². The van der Waals surface area contributed by atoms with Gasteiger partial charge in [-0.2, -0.15) is 0 Å². The van der Waals surface area contributed by atoms with Gasteiger partial charge in [-0.25, -0.2) is 0 Å². The largest absolute Gasteiger partial charge is 0.462 e. The maximum Gasteiger partial charge on any atom is 0.293 e. The predicted octanol–water partition coefficient (Wildman–Crippen LogP) is 1.53. The SMILES string of the molecule is CC(C)(C)OC=O.CC1(C)CNCCC1=O. The predicted molar refractivity (Wildman–Crippen MR) is 63.2 cm³/mol. The van der Waals surface area contributed by atoms with Gasteiger partial charge in [0, 0.05) is 24.9 Å². The third kappa shape index (κ3) is 6.56. The molecule has 0 spiro atoms. The Labute approximate surface area is 97.7 Å². The number of piperidine rings is 1. The molecule has 1 aliphatic heterocycles. The lowest BCUT2D eigenvalue weighted by molar-refractivity contribution is -0.138. The van der Waals surface area contributed by atoms with Gasteiger partial charge in [-0.3, -0.25) is 9.59 Å². The fourth-order valence-electron chi connectivity index (χ4n) is 1.18. The van der Waals surface area contributed by atoms with Crippen LogP contribution < -0.4 is 5.32 Å². The Morgan fingerprint density at radius 1 is 1.38 bits per heavy atom. The molecule has 0 aromatic rings. The number of ether oxygens (including phenoxy) is 1. The average molecular weight is 229 g/mol. The fraction of sp³-hybridized carbons (Fsp3) is 0.833. The second kappa shape index (κ2) is 5.99. The Kier molecular flexibility index (Phi) is 5.65. The van der Waals surface area contributed by atoms with E-state index in [1.165, 1.54) is 0 Å². The third-order valence-corrected chi connectivity index (χ3v) is 2.25. The highest BCUT2D eigenvalue weighted by Gasteiger charge is 2.29. The van der Waals surface area contributed by atoms with Crippen molar-refractivity contribution in [1.29, 1.82) is 0 Å². The van der Waals surface area contributed by atoms with Crippen LogP contribution in [0.4, 0.5) is 0 Å². The Morgan fingerprint density at radius 2 is 1.94 bits per heavy atom. The molecule has 1 N–H and O–H groups in total. The molecule has 1 fully saturated rings. The molecular weight excluding hydrogens is 206 g/mol. The number of Topliss-reactive ketones (excluding diaryl/α,β-unsaturated/α-hetero) is 1. The molecule has 0 aromatic carbocycles. The van der Waals surface area contributed by atoms with Gasteiger partial charge in [0.05, 0.1) is 0 Å². The summed E-state index contributed by atoms with van der Waals surface area (Å²) in [6, 6.07) is 0. The summed E-state index contributed by atoms with van der Waals surface area (Å²) < 4.78 is 4.55. The second-order valence-electron chi connectivity index (χ2n) is 5.56. The van der Waals surface area contributed by atoms with Crippen molar-refractivity contribution >= 4 is 12.3 Å². The van der Waals surface area contributed by atoms with E-state index in [1.807, 2.05) is 34.6 Å². The van der Waals surface area contributed by atoms with E-state index in [2.05, 4.69) is 10.1 Å². The summed E-state index contributed by atoms with van der Waals surface area (Å²) in [5, 5.41) is 3.18. The molecular formula is C12H23NO3. The van der Waals surface area contributed by atoms with E-state index >= 15 is 0 Å². The standard InChI is InChI=1S/C7H13NO.C5H10O2/c1-7(2)5-8-4-3-6(7)9;1-5(2,3)7-4-6/h8H,3-5H2,1-2H3;4H,1-3H3. The molecule has 0 aromatic heterocycles. The molecule has 0 unspecified atom stereocenters. The smallest absolute Gasteiger partial charge is 0.293 e. The van der Waals surface area contributed by atoms with E-state index in [0.717, 1.165) is 13.1 Å². The van der Waals surface area contributed by atoms with Crippen LogP contribution in [0.2, 0.25) is 0 Å². The van der Waals surface area contributed by atoms with Gasteiger partial charge in [-0.1, -0.05) is 13.8 Å². The van der Waals surface area contributed by atoms with Gasteiger partial charge in [0.2, 0.25) is 0 Å². The van der Waals surface area contributed by atoms with Gasteiger partial charge in [-0.05, 0) is 20.8 Å². The van der Waals surface area contributed by atoms with Gasteiger partial charge in [0.1, 0.15) is 11.4 Å². The Hall–Kier alpha value is -0.900. The molecule has 0 amide bonds. The van der Waals surface area contributed by atoms with E-state index in [9.17, 15) is 9.59 Å². The highest BCUT2D eigenvalue weighted by molar-refractivity contribution is 5.85. The summed E-state index contributed by atoms with van der Waals surface area (Å²) in [6.07, 6.45) is 0.701. The topological polar surface area (TPSA) is 55.4 Å². The lowest BCUT2D eigenvalue weighted by Crippen LogP contribution is -2.43. The van der Waals surface area contributed by atoms with Crippen molar-refractivity contribution in [2.24, 2.45) is 5.41 Å². The van der Waals surface area contributed by atoms with Crippen molar-refractivity contribution in [3.05, 3.63) is 0 Å². The Balaban J connectivity index is 0.000000293. The molecule has 0 aliphatic carbocycles. The van der Waals surface area contributed by atoms with Gasteiger partial charge >= 0.3 is 0 Å². The van der Waals surface area contributed by atoms with Crippen LogP contribution in [0.15, 0.2) is 0 Å².